The molecule has 1 heterocycles. The zero-order valence-electron chi connectivity index (χ0n) is 9.41. The van der Waals surface area contributed by atoms with Gasteiger partial charge in [-0.05, 0) is 6.42 Å². The second-order valence-corrected chi connectivity index (χ2v) is 4.10. The van der Waals surface area contributed by atoms with Crippen LogP contribution in [0.2, 0.25) is 0 Å². The minimum absolute atomic E-state index is 0.104. The quantitative estimate of drug-likeness (QED) is 0.846. The van der Waals surface area contributed by atoms with Crippen LogP contribution in [0.3, 0.4) is 0 Å². The SMILES string of the molecule is COc1ncc(N)c(NC2CCC(F)(F)C2)n1. The van der Waals surface area contributed by atoms with Gasteiger partial charge in [0.05, 0.1) is 19.0 Å². The monoisotopic (exact) mass is 244 g/mol. The summed E-state index contributed by atoms with van der Waals surface area (Å²) < 4.78 is 30.9. The van der Waals surface area contributed by atoms with E-state index < -0.39 is 5.92 Å². The fraction of sp³-hybridized carbons (Fsp3) is 0.600. The molecule has 5 nitrogen and oxygen atoms in total. The largest absolute Gasteiger partial charge is 0.467 e. The molecule has 0 spiro atoms. The molecule has 17 heavy (non-hydrogen) atoms. The van der Waals surface area contributed by atoms with Crippen molar-refractivity contribution in [2.24, 2.45) is 0 Å². The van der Waals surface area contributed by atoms with E-state index in [2.05, 4.69) is 15.3 Å². The van der Waals surface area contributed by atoms with Crippen molar-refractivity contribution in [1.82, 2.24) is 9.97 Å². The van der Waals surface area contributed by atoms with Crippen LogP contribution in [0.4, 0.5) is 20.3 Å². The van der Waals surface area contributed by atoms with Crippen molar-refractivity contribution in [3.8, 4) is 6.01 Å². The number of nitrogens with zero attached hydrogens (tertiary/aromatic N) is 2. The number of methoxy groups -OCH3 is 1. The van der Waals surface area contributed by atoms with Crippen LogP contribution in [0.25, 0.3) is 0 Å². The summed E-state index contributed by atoms with van der Waals surface area (Å²) in [6.07, 6.45) is 1.49. The van der Waals surface area contributed by atoms with Gasteiger partial charge < -0.3 is 15.8 Å². The van der Waals surface area contributed by atoms with E-state index in [0.29, 0.717) is 17.9 Å². The summed E-state index contributed by atoms with van der Waals surface area (Å²) in [6.45, 7) is 0. The van der Waals surface area contributed by atoms with Gasteiger partial charge in [0, 0.05) is 18.9 Å². The van der Waals surface area contributed by atoms with Gasteiger partial charge in [0.2, 0.25) is 5.92 Å². The minimum atomic E-state index is -2.59. The minimum Gasteiger partial charge on any atom is -0.467 e. The standard InChI is InChI=1S/C10H14F2N4O/c1-17-9-14-5-7(13)8(16-9)15-6-2-3-10(11,12)4-6/h5-6H,2-4,13H2,1H3,(H,14,15,16). The zero-order valence-corrected chi connectivity index (χ0v) is 9.41. The summed E-state index contributed by atoms with van der Waals surface area (Å²) in [5.41, 5.74) is 5.98. The molecule has 1 aliphatic rings. The Bertz CT molecular complexity index is 413. The lowest BCUT2D eigenvalue weighted by Crippen LogP contribution is -2.20. The second-order valence-electron chi connectivity index (χ2n) is 4.10. The average Bonchev–Trinajstić information content (AvgIpc) is 2.61. The van der Waals surface area contributed by atoms with Crippen LogP contribution in [0.15, 0.2) is 6.20 Å². The molecule has 3 N–H and O–H groups in total. The maximum Gasteiger partial charge on any atom is 0.318 e. The predicted molar refractivity (Wildman–Crippen MR) is 59.2 cm³/mol. The lowest BCUT2D eigenvalue weighted by molar-refractivity contribution is 0.00852. The van der Waals surface area contributed by atoms with Crippen LogP contribution in [0.1, 0.15) is 19.3 Å². The van der Waals surface area contributed by atoms with E-state index in [1.165, 1.54) is 13.3 Å². The smallest absolute Gasteiger partial charge is 0.318 e. The van der Waals surface area contributed by atoms with Crippen LogP contribution < -0.4 is 15.8 Å². The summed E-state index contributed by atoms with van der Waals surface area (Å²) in [5.74, 6) is -2.25. The van der Waals surface area contributed by atoms with Crippen LogP contribution in [-0.2, 0) is 0 Å². The van der Waals surface area contributed by atoms with Gasteiger partial charge in [0.15, 0.2) is 5.82 Å². The highest BCUT2D eigenvalue weighted by Gasteiger charge is 2.39. The molecule has 2 rings (SSSR count). The Hall–Kier alpha value is -1.66. The Morgan fingerprint density at radius 2 is 2.35 bits per heavy atom. The molecule has 1 aromatic rings. The van der Waals surface area contributed by atoms with E-state index >= 15 is 0 Å². The zero-order chi connectivity index (χ0) is 12.5. The lowest BCUT2D eigenvalue weighted by atomic mass is 10.2. The van der Waals surface area contributed by atoms with E-state index in [1.807, 2.05) is 0 Å². The average molecular weight is 244 g/mol. The molecule has 0 saturated heterocycles. The van der Waals surface area contributed by atoms with Crippen LogP contribution >= 0.6 is 0 Å². The number of aromatic nitrogens is 2. The molecule has 1 saturated carbocycles. The third-order valence-electron chi connectivity index (χ3n) is 2.72. The molecular formula is C10H14F2N4O. The van der Waals surface area contributed by atoms with Crippen molar-refractivity contribution >= 4 is 11.5 Å². The Morgan fingerprint density at radius 1 is 1.59 bits per heavy atom. The number of rotatable bonds is 3. The van der Waals surface area contributed by atoms with Crippen molar-refractivity contribution in [1.29, 1.82) is 0 Å². The van der Waals surface area contributed by atoms with E-state index in [9.17, 15) is 8.78 Å². The van der Waals surface area contributed by atoms with E-state index in [-0.39, 0.29) is 24.9 Å². The molecular weight excluding hydrogens is 230 g/mol. The number of ether oxygens (including phenoxy) is 1. The molecule has 94 valence electrons. The molecule has 0 bridgehead atoms. The number of anilines is 2. The number of hydrogen-bond acceptors (Lipinski definition) is 5. The second kappa shape index (κ2) is 4.31. The summed E-state index contributed by atoms with van der Waals surface area (Å²) in [4.78, 5) is 7.80. The molecule has 1 aromatic heterocycles. The van der Waals surface area contributed by atoms with E-state index in [4.69, 9.17) is 10.5 Å². The van der Waals surface area contributed by atoms with E-state index in [1.54, 1.807) is 0 Å². The number of nitrogen functional groups attached to an aromatic ring is 1. The van der Waals surface area contributed by atoms with Crippen LogP contribution in [-0.4, -0.2) is 29.0 Å². The van der Waals surface area contributed by atoms with Crippen molar-refractivity contribution in [2.75, 3.05) is 18.2 Å². The van der Waals surface area contributed by atoms with Crippen molar-refractivity contribution in [2.45, 2.75) is 31.2 Å². The van der Waals surface area contributed by atoms with Gasteiger partial charge >= 0.3 is 6.01 Å². The topological polar surface area (TPSA) is 73.1 Å². The summed E-state index contributed by atoms with van der Waals surface area (Å²) in [7, 11) is 1.43. The van der Waals surface area contributed by atoms with Gasteiger partial charge in [0.1, 0.15) is 0 Å². The fourth-order valence-corrected chi connectivity index (χ4v) is 1.86. The number of nitrogens with two attached hydrogens (primary N) is 1. The molecule has 1 atom stereocenters. The first kappa shape index (κ1) is 11.8. The summed E-state index contributed by atoms with van der Waals surface area (Å²) in [6, 6.07) is -0.154. The number of nitrogens with one attached hydrogen (secondary N) is 1. The third kappa shape index (κ3) is 2.72. The molecule has 0 aromatic carbocycles. The first-order valence-electron chi connectivity index (χ1n) is 5.31. The van der Waals surface area contributed by atoms with Gasteiger partial charge in [-0.1, -0.05) is 0 Å². The van der Waals surface area contributed by atoms with Crippen molar-refractivity contribution < 1.29 is 13.5 Å². The van der Waals surface area contributed by atoms with Crippen LogP contribution in [0.5, 0.6) is 6.01 Å². The van der Waals surface area contributed by atoms with Gasteiger partial charge in [-0.15, -0.1) is 0 Å². The first-order valence-corrected chi connectivity index (χ1v) is 5.31. The normalized spacial score (nSPS) is 22.4. The number of alkyl halides is 2. The Morgan fingerprint density at radius 3 is 2.94 bits per heavy atom. The Labute approximate surface area is 97.4 Å². The van der Waals surface area contributed by atoms with Crippen LogP contribution in [0, 0.1) is 0 Å². The first-order chi connectivity index (χ1) is 8.00. The molecule has 1 aliphatic carbocycles. The van der Waals surface area contributed by atoms with Gasteiger partial charge in [-0.2, -0.15) is 4.98 Å². The van der Waals surface area contributed by atoms with Crippen molar-refractivity contribution in [3.63, 3.8) is 0 Å². The number of halogens is 2. The van der Waals surface area contributed by atoms with Gasteiger partial charge in [-0.25, -0.2) is 13.8 Å². The molecule has 0 amide bonds. The Balaban J connectivity index is 2.08. The molecule has 0 radical (unpaired) electrons. The summed E-state index contributed by atoms with van der Waals surface area (Å²) in [5, 5.41) is 2.90. The number of hydrogen-bond donors (Lipinski definition) is 2. The van der Waals surface area contributed by atoms with Crippen molar-refractivity contribution in [3.05, 3.63) is 6.20 Å². The van der Waals surface area contributed by atoms with Gasteiger partial charge in [0.25, 0.3) is 0 Å². The predicted octanol–water partition coefficient (Wildman–Crippen LogP) is 1.67. The lowest BCUT2D eigenvalue weighted by Gasteiger charge is -2.15. The molecule has 7 heteroatoms. The molecule has 1 fully saturated rings. The summed E-state index contributed by atoms with van der Waals surface area (Å²) >= 11 is 0. The molecule has 0 aliphatic heterocycles. The fourth-order valence-electron chi connectivity index (χ4n) is 1.86. The third-order valence-corrected chi connectivity index (χ3v) is 2.72. The van der Waals surface area contributed by atoms with Gasteiger partial charge in [-0.3, -0.25) is 0 Å². The highest BCUT2D eigenvalue weighted by molar-refractivity contribution is 5.60. The Kier molecular flexibility index (Phi) is 2.99. The highest BCUT2D eigenvalue weighted by Crippen LogP contribution is 2.36. The van der Waals surface area contributed by atoms with E-state index in [0.717, 1.165) is 0 Å². The maximum absolute atomic E-state index is 13.0. The maximum atomic E-state index is 13.0. The molecule has 1 unspecified atom stereocenters. The highest BCUT2D eigenvalue weighted by atomic mass is 19.3.